The van der Waals surface area contributed by atoms with Crippen LogP contribution >= 0.6 is 0 Å². The topological polar surface area (TPSA) is 135 Å². The van der Waals surface area contributed by atoms with Crippen LogP contribution in [-0.2, 0) is 25.3 Å². The minimum atomic E-state index is -4.70. The average Bonchev–Trinajstić information content (AvgIpc) is 2.92. The quantitative estimate of drug-likeness (QED) is 0.262. The molecule has 0 aliphatic rings. The number of hydrogen-bond acceptors (Lipinski definition) is 6. The summed E-state index contributed by atoms with van der Waals surface area (Å²) in [5, 5.41) is 14.2. The first-order valence-corrected chi connectivity index (χ1v) is 12.6. The molecule has 43 heavy (non-hydrogen) atoms. The number of aromatic nitrogens is 3. The van der Waals surface area contributed by atoms with Gasteiger partial charge in [-0.2, -0.15) is 13.2 Å². The standard InChI is InChI=1S/C28H24F5N5O5/c1-13(28(31,32)33)35-15-10-19(29)22(20(30)11-15)24(39)36-21(26(41)42)9-14-6-7-17(23-16(14)5-4-8-34-23)18-12-37(2)27(43)38(3)25(18)40/h4-8,10-13,21,35H,9H2,1-3H3,(H,36,39)(H,41,42)/t13?,21-/m0/s1. The second kappa shape index (κ2) is 11.7. The van der Waals surface area contributed by atoms with Crippen LogP contribution in [0.4, 0.5) is 27.6 Å². The lowest BCUT2D eigenvalue weighted by Gasteiger charge is -2.20. The maximum absolute atomic E-state index is 14.7. The number of fused-ring (bicyclic) bond motifs is 1. The molecule has 0 fully saturated rings. The maximum atomic E-state index is 14.7. The number of amides is 1. The molecule has 4 aromatic rings. The second-order valence-electron chi connectivity index (χ2n) is 9.76. The summed E-state index contributed by atoms with van der Waals surface area (Å²) in [5.41, 5.74) is -1.74. The smallest absolute Gasteiger partial charge is 0.408 e. The number of pyridine rings is 1. The second-order valence-corrected chi connectivity index (χ2v) is 9.76. The van der Waals surface area contributed by atoms with Crippen LogP contribution in [0.2, 0.25) is 0 Å². The molecule has 0 spiro atoms. The number of alkyl halides is 3. The van der Waals surface area contributed by atoms with Crippen molar-refractivity contribution >= 4 is 28.5 Å². The van der Waals surface area contributed by atoms with Crippen molar-refractivity contribution in [1.82, 2.24) is 19.4 Å². The van der Waals surface area contributed by atoms with Gasteiger partial charge in [-0.25, -0.2) is 18.4 Å². The van der Waals surface area contributed by atoms with E-state index in [1.807, 2.05) is 5.32 Å². The number of anilines is 1. The average molecular weight is 606 g/mol. The number of carbonyl (C=O) groups excluding carboxylic acids is 1. The van der Waals surface area contributed by atoms with Gasteiger partial charge in [0.2, 0.25) is 0 Å². The van der Waals surface area contributed by atoms with E-state index in [2.05, 4.69) is 10.3 Å². The van der Waals surface area contributed by atoms with Crippen molar-refractivity contribution in [3.63, 3.8) is 0 Å². The number of aliphatic carboxylic acids is 1. The highest BCUT2D eigenvalue weighted by molar-refractivity contribution is 5.98. The van der Waals surface area contributed by atoms with E-state index < -0.39 is 64.3 Å². The molecule has 2 aromatic carbocycles. The van der Waals surface area contributed by atoms with Crippen molar-refractivity contribution in [2.75, 3.05) is 5.32 Å². The van der Waals surface area contributed by atoms with Gasteiger partial charge in [0.15, 0.2) is 0 Å². The summed E-state index contributed by atoms with van der Waals surface area (Å²) in [6.45, 7) is 0.738. The fraction of sp³-hybridized carbons (Fsp3) is 0.250. The Kier molecular flexibility index (Phi) is 8.37. The van der Waals surface area contributed by atoms with Gasteiger partial charge in [-0.3, -0.25) is 19.1 Å². The molecule has 15 heteroatoms. The third-order valence-electron chi connectivity index (χ3n) is 6.77. The zero-order valence-electron chi connectivity index (χ0n) is 22.8. The van der Waals surface area contributed by atoms with E-state index >= 15 is 0 Å². The number of carboxylic acids is 1. The van der Waals surface area contributed by atoms with Crippen LogP contribution < -0.4 is 21.9 Å². The molecular formula is C28H24F5N5O5. The number of aryl methyl sites for hydroxylation is 1. The van der Waals surface area contributed by atoms with E-state index in [0.717, 1.165) is 11.5 Å². The van der Waals surface area contributed by atoms with E-state index in [9.17, 15) is 46.2 Å². The number of hydrogen-bond donors (Lipinski definition) is 3. The van der Waals surface area contributed by atoms with Crippen LogP contribution in [0.15, 0.2) is 58.4 Å². The Hall–Kier alpha value is -5.08. The van der Waals surface area contributed by atoms with Gasteiger partial charge < -0.3 is 20.3 Å². The molecule has 10 nitrogen and oxygen atoms in total. The number of halogens is 5. The highest BCUT2D eigenvalue weighted by Crippen LogP contribution is 2.29. The normalized spacial score (nSPS) is 13.0. The van der Waals surface area contributed by atoms with Crippen LogP contribution in [-0.4, -0.2) is 49.4 Å². The molecule has 3 N–H and O–H groups in total. The monoisotopic (exact) mass is 605 g/mol. The van der Waals surface area contributed by atoms with Gasteiger partial charge in [0.05, 0.1) is 11.1 Å². The lowest BCUT2D eigenvalue weighted by Crippen LogP contribution is -2.43. The Balaban J connectivity index is 1.66. The van der Waals surface area contributed by atoms with Gasteiger partial charge >= 0.3 is 17.8 Å². The number of rotatable bonds is 8. The van der Waals surface area contributed by atoms with Crippen molar-refractivity contribution in [1.29, 1.82) is 0 Å². The molecule has 226 valence electrons. The van der Waals surface area contributed by atoms with Crippen molar-refractivity contribution in [3.8, 4) is 11.1 Å². The molecule has 2 aromatic heterocycles. The van der Waals surface area contributed by atoms with E-state index in [-0.39, 0.29) is 12.0 Å². The Morgan fingerprint density at radius 2 is 1.70 bits per heavy atom. The van der Waals surface area contributed by atoms with Crippen LogP contribution in [0, 0.1) is 11.6 Å². The molecule has 2 heterocycles. The molecule has 0 aliphatic carbocycles. The Morgan fingerprint density at radius 1 is 1.05 bits per heavy atom. The highest BCUT2D eigenvalue weighted by Gasteiger charge is 2.36. The van der Waals surface area contributed by atoms with Gasteiger partial charge in [0, 0.05) is 49.5 Å². The molecule has 0 radical (unpaired) electrons. The van der Waals surface area contributed by atoms with E-state index in [4.69, 9.17) is 0 Å². The van der Waals surface area contributed by atoms with Gasteiger partial charge in [0.25, 0.3) is 11.5 Å². The van der Waals surface area contributed by atoms with Crippen molar-refractivity contribution in [2.24, 2.45) is 14.1 Å². The number of carbonyl (C=O) groups is 2. The Labute approximate surface area is 239 Å². The maximum Gasteiger partial charge on any atom is 0.408 e. The summed E-state index contributed by atoms with van der Waals surface area (Å²) in [6.07, 6.45) is -2.29. The van der Waals surface area contributed by atoms with Crippen LogP contribution in [0.5, 0.6) is 0 Å². The predicted octanol–water partition coefficient (Wildman–Crippen LogP) is 3.37. The van der Waals surface area contributed by atoms with Crippen molar-refractivity contribution < 1.29 is 36.6 Å². The van der Waals surface area contributed by atoms with Crippen LogP contribution in [0.3, 0.4) is 0 Å². The summed E-state index contributed by atoms with van der Waals surface area (Å²) >= 11 is 0. The first kappa shape index (κ1) is 30.9. The number of carboxylic acid groups (broad SMARTS) is 1. The fourth-order valence-electron chi connectivity index (χ4n) is 4.48. The first-order valence-electron chi connectivity index (χ1n) is 12.6. The molecule has 0 saturated heterocycles. The summed E-state index contributed by atoms with van der Waals surface area (Å²) in [6, 6.07) is 3.30. The number of nitrogens with zero attached hydrogens (tertiary/aromatic N) is 3. The summed E-state index contributed by atoms with van der Waals surface area (Å²) in [5.74, 6) is -5.99. The molecule has 1 unspecified atom stereocenters. The Morgan fingerprint density at radius 3 is 2.30 bits per heavy atom. The van der Waals surface area contributed by atoms with Crippen LogP contribution in [0.25, 0.3) is 22.0 Å². The lowest BCUT2D eigenvalue weighted by molar-refractivity contribution is -0.139. The molecule has 4 rings (SSSR count). The third-order valence-corrected chi connectivity index (χ3v) is 6.77. The molecule has 0 saturated carbocycles. The fourth-order valence-corrected chi connectivity index (χ4v) is 4.48. The SMILES string of the molecule is CC(Nc1cc(F)c(C(=O)N[C@@H](Cc2ccc(-c3cn(C)c(=O)n(C)c3=O)c3ncccc23)C(=O)O)c(F)c1)C(F)(F)F. The molecule has 1 amide bonds. The molecule has 0 bridgehead atoms. The molecular weight excluding hydrogens is 581 g/mol. The summed E-state index contributed by atoms with van der Waals surface area (Å²) in [4.78, 5) is 54.2. The highest BCUT2D eigenvalue weighted by atomic mass is 19.4. The van der Waals surface area contributed by atoms with E-state index in [0.29, 0.717) is 34.2 Å². The minimum Gasteiger partial charge on any atom is -0.480 e. The Bertz CT molecular complexity index is 1840. The molecule has 2 atom stereocenters. The van der Waals surface area contributed by atoms with Gasteiger partial charge in [-0.05, 0) is 30.7 Å². The van der Waals surface area contributed by atoms with Gasteiger partial charge in [0.1, 0.15) is 29.3 Å². The molecule has 0 aliphatic heterocycles. The largest absolute Gasteiger partial charge is 0.480 e. The van der Waals surface area contributed by atoms with Crippen molar-refractivity contribution in [2.45, 2.75) is 31.6 Å². The lowest BCUT2D eigenvalue weighted by atomic mass is 9.96. The summed E-state index contributed by atoms with van der Waals surface area (Å²) in [7, 11) is 2.78. The van der Waals surface area contributed by atoms with Gasteiger partial charge in [-0.1, -0.05) is 18.2 Å². The van der Waals surface area contributed by atoms with E-state index in [1.54, 1.807) is 12.1 Å². The first-order chi connectivity index (χ1) is 20.1. The third kappa shape index (κ3) is 6.24. The van der Waals surface area contributed by atoms with Crippen LogP contribution in [0.1, 0.15) is 22.8 Å². The predicted molar refractivity (Wildman–Crippen MR) is 146 cm³/mol. The van der Waals surface area contributed by atoms with E-state index in [1.165, 1.54) is 43.2 Å². The zero-order valence-corrected chi connectivity index (χ0v) is 22.8. The zero-order chi connectivity index (χ0) is 31.8. The van der Waals surface area contributed by atoms with Gasteiger partial charge in [-0.15, -0.1) is 0 Å². The number of nitrogens with one attached hydrogen (secondary N) is 2. The van der Waals surface area contributed by atoms with Crippen molar-refractivity contribution in [3.05, 3.63) is 92.4 Å². The minimum absolute atomic E-state index is 0.149. The summed E-state index contributed by atoms with van der Waals surface area (Å²) < 4.78 is 69.9. The number of benzene rings is 2.